The fourth-order valence-corrected chi connectivity index (χ4v) is 2.74. The molecule has 5 nitrogen and oxygen atoms in total. The van der Waals surface area contributed by atoms with Crippen LogP contribution < -0.4 is 5.63 Å². The molecular formula is C16H14F3NO4. The van der Waals surface area contributed by atoms with E-state index in [1.807, 2.05) is 0 Å². The van der Waals surface area contributed by atoms with E-state index < -0.39 is 36.2 Å². The van der Waals surface area contributed by atoms with Crippen LogP contribution in [0.1, 0.15) is 23.2 Å². The maximum atomic E-state index is 12.8. The van der Waals surface area contributed by atoms with Gasteiger partial charge in [0, 0.05) is 31.3 Å². The van der Waals surface area contributed by atoms with E-state index in [0.29, 0.717) is 11.0 Å². The summed E-state index contributed by atoms with van der Waals surface area (Å²) in [7, 11) is 0. The third-order valence-corrected chi connectivity index (χ3v) is 4.28. The zero-order valence-electron chi connectivity index (χ0n) is 12.5. The first-order chi connectivity index (χ1) is 11.2. The predicted octanol–water partition coefficient (Wildman–Crippen LogP) is 2.32. The molecular weight excluding hydrogens is 327 g/mol. The minimum atomic E-state index is -4.75. The lowest BCUT2D eigenvalue weighted by atomic mass is 9.90. The number of piperidine rings is 1. The van der Waals surface area contributed by atoms with Gasteiger partial charge in [-0.3, -0.25) is 4.79 Å². The van der Waals surface area contributed by atoms with E-state index in [4.69, 9.17) is 4.42 Å². The first-order valence-electron chi connectivity index (χ1n) is 7.32. The second kappa shape index (κ2) is 5.62. The van der Waals surface area contributed by atoms with Crippen molar-refractivity contribution in [3.05, 3.63) is 46.3 Å². The van der Waals surface area contributed by atoms with Crippen LogP contribution in [0, 0.1) is 0 Å². The number of nitrogens with zero attached hydrogens (tertiary/aromatic N) is 1. The zero-order chi connectivity index (χ0) is 17.5. The molecule has 1 aromatic heterocycles. The zero-order valence-corrected chi connectivity index (χ0v) is 12.5. The minimum Gasteiger partial charge on any atom is -0.422 e. The van der Waals surface area contributed by atoms with Crippen LogP contribution in [0.3, 0.4) is 0 Å². The van der Waals surface area contributed by atoms with E-state index in [1.54, 1.807) is 24.3 Å². The van der Waals surface area contributed by atoms with Crippen LogP contribution in [0.15, 0.2) is 39.5 Å². The van der Waals surface area contributed by atoms with Crippen LogP contribution >= 0.6 is 0 Å². The molecule has 1 saturated heterocycles. The van der Waals surface area contributed by atoms with Gasteiger partial charge in [-0.1, -0.05) is 18.2 Å². The van der Waals surface area contributed by atoms with Gasteiger partial charge in [-0.05, 0) is 12.1 Å². The predicted molar refractivity (Wildman–Crippen MR) is 78.6 cm³/mol. The molecule has 0 bridgehead atoms. The van der Waals surface area contributed by atoms with E-state index in [1.165, 1.54) is 6.07 Å². The van der Waals surface area contributed by atoms with Crippen LogP contribution in [0.5, 0.6) is 0 Å². The average Bonchev–Trinajstić information content (AvgIpc) is 2.53. The van der Waals surface area contributed by atoms with E-state index in [0.717, 1.165) is 4.90 Å². The van der Waals surface area contributed by atoms with Crippen molar-refractivity contribution >= 4 is 16.9 Å². The molecule has 3 rings (SSSR count). The highest BCUT2D eigenvalue weighted by Crippen LogP contribution is 2.38. The lowest BCUT2D eigenvalue weighted by Gasteiger charge is -2.38. The normalized spacial score (nSPS) is 17.9. The van der Waals surface area contributed by atoms with Crippen molar-refractivity contribution in [3.8, 4) is 0 Å². The largest absolute Gasteiger partial charge is 0.422 e. The van der Waals surface area contributed by atoms with Crippen molar-refractivity contribution in [1.29, 1.82) is 0 Å². The number of halogens is 3. The third kappa shape index (κ3) is 2.77. The minimum absolute atomic E-state index is 0.230. The number of fused-ring (bicyclic) bond motifs is 1. The summed E-state index contributed by atoms with van der Waals surface area (Å²) in [6, 6.07) is 7.99. The molecule has 0 atom stereocenters. The Kier molecular flexibility index (Phi) is 3.87. The molecule has 0 saturated carbocycles. The first kappa shape index (κ1) is 16.5. The Morgan fingerprint density at radius 3 is 2.46 bits per heavy atom. The number of amides is 1. The van der Waals surface area contributed by atoms with Crippen molar-refractivity contribution in [3.63, 3.8) is 0 Å². The van der Waals surface area contributed by atoms with E-state index in [9.17, 15) is 27.9 Å². The van der Waals surface area contributed by atoms with Gasteiger partial charge in [0.05, 0.1) is 0 Å². The molecule has 24 heavy (non-hydrogen) atoms. The molecule has 8 heteroatoms. The monoisotopic (exact) mass is 341 g/mol. The fourth-order valence-electron chi connectivity index (χ4n) is 2.74. The SMILES string of the molecule is O=C(c1cc2ccccc2oc1=O)N1CCC(O)(C(F)(F)F)CC1. The smallest absolute Gasteiger partial charge is 0.417 e. The van der Waals surface area contributed by atoms with Gasteiger partial charge in [0.1, 0.15) is 11.1 Å². The Balaban J connectivity index is 1.84. The standard InChI is InChI=1S/C16H14F3NO4/c17-16(18,19)15(23)5-7-20(8-6-15)13(21)11-9-10-3-1-2-4-12(10)24-14(11)22/h1-4,9,23H,5-8H2. The molecule has 1 aliphatic heterocycles. The summed E-state index contributed by atoms with van der Waals surface area (Å²) in [5.41, 5.74) is -3.54. The van der Waals surface area contributed by atoms with Crippen molar-refractivity contribution in [2.45, 2.75) is 24.6 Å². The summed E-state index contributed by atoms with van der Waals surface area (Å²) in [6.45, 7) is -0.581. The van der Waals surface area contributed by atoms with Crippen molar-refractivity contribution in [2.24, 2.45) is 0 Å². The Bertz CT molecular complexity index is 835. The van der Waals surface area contributed by atoms with Crippen LogP contribution in [0.25, 0.3) is 11.0 Å². The van der Waals surface area contributed by atoms with Gasteiger partial charge in [0.15, 0.2) is 5.60 Å². The second-order valence-corrected chi connectivity index (χ2v) is 5.81. The second-order valence-electron chi connectivity index (χ2n) is 5.81. The Morgan fingerprint density at radius 1 is 1.21 bits per heavy atom. The number of alkyl halides is 3. The molecule has 0 spiro atoms. The summed E-state index contributed by atoms with van der Waals surface area (Å²) in [5.74, 6) is -0.696. The number of para-hydroxylation sites is 1. The summed E-state index contributed by atoms with van der Waals surface area (Å²) in [6.07, 6.45) is -5.99. The van der Waals surface area contributed by atoms with Gasteiger partial charge in [-0.2, -0.15) is 13.2 Å². The quantitative estimate of drug-likeness (QED) is 0.808. The summed E-state index contributed by atoms with van der Waals surface area (Å²) < 4.78 is 43.5. The molecule has 0 aliphatic carbocycles. The van der Waals surface area contributed by atoms with Gasteiger partial charge >= 0.3 is 11.8 Å². The molecule has 0 unspecified atom stereocenters. The summed E-state index contributed by atoms with van der Waals surface area (Å²) in [4.78, 5) is 25.5. The van der Waals surface area contributed by atoms with E-state index in [2.05, 4.69) is 0 Å². The number of aliphatic hydroxyl groups is 1. The van der Waals surface area contributed by atoms with Gasteiger partial charge < -0.3 is 14.4 Å². The molecule has 2 heterocycles. The molecule has 128 valence electrons. The maximum Gasteiger partial charge on any atom is 0.417 e. The Labute approximate surface area is 134 Å². The van der Waals surface area contributed by atoms with Crippen molar-refractivity contribution < 1.29 is 27.5 Å². The molecule has 1 amide bonds. The number of hydrogen-bond donors (Lipinski definition) is 1. The lowest BCUT2D eigenvalue weighted by Crippen LogP contribution is -2.54. The van der Waals surface area contributed by atoms with Crippen molar-refractivity contribution in [1.82, 2.24) is 4.90 Å². The van der Waals surface area contributed by atoms with Gasteiger partial charge in [-0.15, -0.1) is 0 Å². The first-order valence-corrected chi connectivity index (χ1v) is 7.32. The molecule has 1 fully saturated rings. The number of hydrogen-bond acceptors (Lipinski definition) is 4. The number of carbonyl (C=O) groups excluding carboxylic acids is 1. The van der Waals surface area contributed by atoms with Crippen LogP contribution in [-0.2, 0) is 0 Å². The topological polar surface area (TPSA) is 70.8 Å². The van der Waals surface area contributed by atoms with E-state index in [-0.39, 0.29) is 18.7 Å². The molecule has 1 N–H and O–H groups in total. The van der Waals surface area contributed by atoms with Crippen LogP contribution in [-0.4, -0.2) is 40.8 Å². The highest BCUT2D eigenvalue weighted by atomic mass is 19.4. The van der Waals surface area contributed by atoms with E-state index >= 15 is 0 Å². The maximum absolute atomic E-state index is 12.8. The number of carbonyl (C=O) groups is 1. The van der Waals surface area contributed by atoms with Crippen molar-refractivity contribution in [2.75, 3.05) is 13.1 Å². The summed E-state index contributed by atoms with van der Waals surface area (Å²) in [5, 5.41) is 10.2. The average molecular weight is 341 g/mol. The van der Waals surface area contributed by atoms with Gasteiger partial charge in [0.2, 0.25) is 0 Å². The number of rotatable bonds is 1. The lowest BCUT2D eigenvalue weighted by molar-refractivity contribution is -0.271. The van der Waals surface area contributed by atoms with Gasteiger partial charge in [0.25, 0.3) is 5.91 Å². The molecule has 0 radical (unpaired) electrons. The fraction of sp³-hybridized carbons (Fsp3) is 0.375. The van der Waals surface area contributed by atoms with Gasteiger partial charge in [-0.25, -0.2) is 4.79 Å². The molecule has 1 aliphatic rings. The Morgan fingerprint density at radius 2 is 1.83 bits per heavy atom. The molecule has 1 aromatic carbocycles. The van der Waals surface area contributed by atoms with Crippen LogP contribution in [0.2, 0.25) is 0 Å². The summed E-state index contributed by atoms with van der Waals surface area (Å²) >= 11 is 0. The van der Waals surface area contributed by atoms with Crippen LogP contribution in [0.4, 0.5) is 13.2 Å². The molecule has 2 aromatic rings. The highest BCUT2D eigenvalue weighted by Gasteiger charge is 2.55. The third-order valence-electron chi connectivity index (χ3n) is 4.28. The number of benzene rings is 1. The highest BCUT2D eigenvalue weighted by molar-refractivity contribution is 5.96. The Hall–Kier alpha value is -2.35. The number of likely N-dealkylation sites (tertiary alicyclic amines) is 1.